The maximum absolute atomic E-state index is 11.4. The molecule has 0 saturated carbocycles. The number of hydrogen-bond donors (Lipinski definition) is 2. The topological polar surface area (TPSA) is 49.3 Å². The summed E-state index contributed by atoms with van der Waals surface area (Å²) in [6, 6.07) is 7.89. The molecule has 0 aliphatic heterocycles. The standard InChI is InChI=1S/C14H21NO2/c1-3-4-5-12-6-8-13(9-7-12)15-14(17)10-11(2)16/h6-9,11,16H,3-5,10H2,1-2H3,(H,15,17)/t11-/m1/s1. The van der Waals surface area contributed by atoms with Gasteiger partial charge in [-0.05, 0) is 37.5 Å². The molecule has 0 heterocycles. The smallest absolute Gasteiger partial charge is 0.226 e. The molecule has 0 spiro atoms. The SMILES string of the molecule is CCCCc1ccc(NC(=O)C[C@@H](C)O)cc1. The summed E-state index contributed by atoms with van der Waals surface area (Å²) in [6.07, 6.45) is 3.00. The van der Waals surface area contributed by atoms with E-state index in [2.05, 4.69) is 12.2 Å². The van der Waals surface area contributed by atoms with Crippen molar-refractivity contribution in [3.8, 4) is 0 Å². The first-order valence-corrected chi connectivity index (χ1v) is 6.18. The van der Waals surface area contributed by atoms with Gasteiger partial charge >= 0.3 is 0 Å². The van der Waals surface area contributed by atoms with Crippen molar-refractivity contribution in [2.75, 3.05) is 5.32 Å². The molecule has 3 heteroatoms. The summed E-state index contributed by atoms with van der Waals surface area (Å²) >= 11 is 0. The van der Waals surface area contributed by atoms with Gasteiger partial charge in [0.15, 0.2) is 0 Å². The van der Waals surface area contributed by atoms with Crippen molar-refractivity contribution in [3.05, 3.63) is 29.8 Å². The number of hydrogen-bond acceptors (Lipinski definition) is 2. The van der Waals surface area contributed by atoms with Gasteiger partial charge in [-0.15, -0.1) is 0 Å². The molecule has 0 radical (unpaired) electrons. The molecule has 1 amide bonds. The molecule has 0 aliphatic carbocycles. The summed E-state index contributed by atoms with van der Waals surface area (Å²) in [7, 11) is 0. The van der Waals surface area contributed by atoms with Crippen LogP contribution in [0.1, 0.15) is 38.7 Å². The summed E-state index contributed by atoms with van der Waals surface area (Å²) < 4.78 is 0. The van der Waals surface area contributed by atoms with E-state index in [-0.39, 0.29) is 12.3 Å². The van der Waals surface area contributed by atoms with Gasteiger partial charge in [-0.2, -0.15) is 0 Å². The van der Waals surface area contributed by atoms with Gasteiger partial charge in [0, 0.05) is 5.69 Å². The van der Waals surface area contributed by atoms with Crippen LogP contribution in [0.5, 0.6) is 0 Å². The van der Waals surface area contributed by atoms with Crippen molar-refractivity contribution in [2.45, 2.75) is 45.6 Å². The van der Waals surface area contributed by atoms with Crippen molar-refractivity contribution < 1.29 is 9.90 Å². The van der Waals surface area contributed by atoms with Crippen LogP contribution < -0.4 is 5.32 Å². The molecule has 1 aromatic rings. The molecule has 0 saturated heterocycles. The van der Waals surface area contributed by atoms with Crippen LogP contribution in [-0.2, 0) is 11.2 Å². The molecule has 0 fully saturated rings. The molecule has 94 valence electrons. The Bertz CT molecular complexity index is 344. The average Bonchev–Trinajstić information content (AvgIpc) is 2.27. The molecule has 3 nitrogen and oxygen atoms in total. The lowest BCUT2D eigenvalue weighted by molar-refractivity contribution is -0.117. The first-order valence-electron chi connectivity index (χ1n) is 6.18. The molecule has 1 rings (SSSR count). The monoisotopic (exact) mass is 235 g/mol. The van der Waals surface area contributed by atoms with Gasteiger partial charge in [0.25, 0.3) is 0 Å². The first kappa shape index (κ1) is 13.7. The van der Waals surface area contributed by atoms with Crippen molar-refractivity contribution >= 4 is 11.6 Å². The Morgan fingerprint density at radius 2 is 2.00 bits per heavy atom. The highest BCUT2D eigenvalue weighted by Gasteiger charge is 2.05. The van der Waals surface area contributed by atoms with E-state index in [0.717, 1.165) is 12.1 Å². The molecule has 0 aromatic heterocycles. The van der Waals surface area contributed by atoms with E-state index in [1.165, 1.54) is 18.4 Å². The van der Waals surface area contributed by atoms with E-state index >= 15 is 0 Å². The lowest BCUT2D eigenvalue weighted by Crippen LogP contribution is -2.17. The summed E-state index contributed by atoms with van der Waals surface area (Å²) in [5.41, 5.74) is 2.08. The maximum atomic E-state index is 11.4. The molecule has 0 aliphatic rings. The van der Waals surface area contributed by atoms with Crippen LogP contribution >= 0.6 is 0 Å². The van der Waals surface area contributed by atoms with Gasteiger partial charge in [0.05, 0.1) is 12.5 Å². The number of carbonyl (C=O) groups is 1. The summed E-state index contributed by atoms with van der Waals surface area (Å²) in [5, 5.41) is 11.8. The van der Waals surface area contributed by atoms with Gasteiger partial charge < -0.3 is 10.4 Å². The number of unbranched alkanes of at least 4 members (excludes halogenated alkanes) is 1. The van der Waals surface area contributed by atoms with Crippen molar-refractivity contribution in [1.29, 1.82) is 0 Å². The van der Waals surface area contributed by atoms with Gasteiger partial charge in [0.2, 0.25) is 5.91 Å². The van der Waals surface area contributed by atoms with Crippen LogP contribution in [0.25, 0.3) is 0 Å². The fraction of sp³-hybridized carbons (Fsp3) is 0.500. The normalized spacial score (nSPS) is 12.2. The van der Waals surface area contributed by atoms with Crippen LogP contribution in [-0.4, -0.2) is 17.1 Å². The molecular weight excluding hydrogens is 214 g/mol. The largest absolute Gasteiger partial charge is 0.393 e. The van der Waals surface area contributed by atoms with Gasteiger partial charge in [-0.1, -0.05) is 25.5 Å². The Morgan fingerprint density at radius 3 is 2.53 bits per heavy atom. The molecule has 1 atom stereocenters. The predicted molar refractivity (Wildman–Crippen MR) is 70.0 cm³/mol. The number of aryl methyl sites for hydroxylation is 1. The minimum Gasteiger partial charge on any atom is -0.393 e. The second-order valence-electron chi connectivity index (χ2n) is 4.40. The van der Waals surface area contributed by atoms with Crippen LogP contribution in [0.3, 0.4) is 0 Å². The van der Waals surface area contributed by atoms with E-state index in [4.69, 9.17) is 5.11 Å². The fourth-order valence-corrected chi connectivity index (χ4v) is 1.62. The Morgan fingerprint density at radius 1 is 1.35 bits per heavy atom. The number of aliphatic hydroxyl groups is 1. The molecule has 2 N–H and O–H groups in total. The second kappa shape index (κ2) is 7.07. The van der Waals surface area contributed by atoms with Crippen LogP contribution in [0.2, 0.25) is 0 Å². The zero-order chi connectivity index (χ0) is 12.7. The molecular formula is C14H21NO2. The summed E-state index contributed by atoms with van der Waals surface area (Å²) in [6.45, 7) is 3.78. The third-order valence-corrected chi connectivity index (χ3v) is 2.54. The van der Waals surface area contributed by atoms with E-state index in [1.54, 1.807) is 6.92 Å². The predicted octanol–water partition coefficient (Wildman–Crippen LogP) is 2.74. The zero-order valence-electron chi connectivity index (χ0n) is 10.6. The van der Waals surface area contributed by atoms with Crippen molar-refractivity contribution in [2.24, 2.45) is 0 Å². The minimum absolute atomic E-state index is 0.136. The summed E-state index contributed by atoms with van der Waals surface area (Å²) in [4.78, 5) is 11.4. The third kappa shape index (κ3) is 5.50. The number of carbonyl (C=O) groups excluding carboxylic acids is 1. The highest BCUT2D eigenvalue weighted by molar-refractivity contribution is 5.90. The Kier molecular flexibility index (Phi) is 5.70. The summed E-state index contributed by atoms with van der Waals surface area (Å²) in [5.74, 6) is -0.152. The Balaban J connectivity index is 2.47. The molecule has 0 unspecified atom stereocenters. The van der Waals surface area contributed by atoms with Crippen LogP contribution in [0, 0.1) is 0 Å². The number of rotatable bonds is 6. The van der Waals surface area contributed by atoms with Crippen molar-refractivity contribution in [1.82, 2.24) is 0 Å². The molecule has 0 bridgehead atoms. The first-order chi connectivity index (χ1) is 8.11. The number of aliphatic hydroxyl groups excluding tert-OH is 1. The van der Waals surface area contributed by atoms with Gasteiger partial charge in [-0.3, -0.25) is 4.79 Å². The van der Waals surface area contributed by atoms with Crippen LogP contribution in [0.15, 0.2) is 24.3 Å². The Hall–Kier alpha value is -1.35. The Labute approximate surface area is 103 Å². The van der Waals surface area contributed by atoms with Gasteiger partial charge in [0.1, 0.15) is 0 Å². The highest BCUT2D eigenvalue weighted by Crippen LogP contribution is 2.12. The lowest BCUT2D eigenvalue weighted by atomic mass is 10.1. The molecule has 17 heavy (non-hydrogen) atoms. The molecule has 1 aromatic carbocycles. The lowest BCUT2D eigenvalue weighted by Gasteiger charge is -2.07. The quantitative estimate of drug-likeness (QED) is 0.796. The third-order valence-electron chi connectivity index (χ3n) is 2.54. The van der Waals surface area contributed by atoms with E-state index in [0.29, 0.717) is 0 Å². The number of benzene rings is 1. The van der Waals surface area contributed by atoms with E-state index in [1.807, 2.05) is 24.3 Å². The minimum atomic E-state index is -0.598. The number of amides is 1. The zero-order valence-corrected chi connectivity index (χ0v) is 10.6. The number of anilines is 1. The maximum Gasteiger partial charge on any atom is 0.226 e. The highest BCUT2D eigenvalue weighted by atomic mass is 16.3. The van der Waals surface area contributed by atoms with Gasteiger partial charge in [-0.25, -0.2) is 0 Å². The van der Waals surface area contributed by atoms with Crippen LogP contribution in [0.4, 0.5) is 5.69 Å². The van der Waals surface area contributed by atoms with Crippen molar-refractivity contribution in [3.63, 3.8) is 0 Å². The van der Waals surface area contributed by atoms with E-state index in [9.17, 15) is 4.79 Å². The average molecular weight is 235 g/mol. The number of nitrogens with one attached hydrogen (secondary N) is 1. The fourth-order valence-electron chi connectivity index (χ4n) is 1.62. The van der Waals surface area contributed by atoms with E-state index < -0.39 is 6.10 Å². The second-order valence-corrected chi connectivity index (χ2v) is 4.40.